The summed E-state index contributed by atoms with van der Waals surface area (Å²) in [5, 5.41) is 12.1. The molecule has 19 heavy (non-hydrogen) atoms. The predicted molar refractivity (Wildman–Crippen MR) is 72.8 cm³/mol. The maximum atomic E-state index is 11.2. The van der Waals surface area contributed by atoms with Crippen LogP contribution in [-0.2, 0) is 4.79 Å². The molecule has 1 rings (SSSR count). The number of benzene rings is 1. The number of hydrogen-bond donors (Lipinski definition) is 2. The zero-order chi connectivity index (χ0) is 14.3. The van der Waals surface area contributed by atoms with Crippen molar-refractivity contribution in [2.45, 2.75) is 26.3 Å². The van der Waals surface area contributed by atoms with Gasteiger partial charge in [0.05, 0.1) is 13.7 Å². The minimum Gasteiger partial charge on any atom is -0.493 e. The van der Waals surface area contributed by atoms with E-state index in [1.807, 2.05) is 13.8 Å². The van der Waals surface area contributed by atoms with Crippen LogP contribution in [0.5, 0.6) is 11.5 Å². The summed E-state index contributed by atoms with van der Waals surface area (Å²) in [5.41, 5.74) is 0.648. The fourth-order valence-corrected chi connectivity index (χ4v) is 1.75. The van der Waals surface area contributed by atoms with E-state index in [0.29, 0.717) is 30.2 Å². The highest BCUT2D eigenvalue weighted by atomic mass is 16.5. The molecule has 1 aromatic rings. The molecule has 0 saturated heterocycles. The first-order chi connectivity index (χ1) is 9.13. The van der Waals surface area contributed by atoms with Crippen LogP contribution in [0.15, 0.2) is 18.2 Å². The third-order valence-electron chi connectivity index (χ3n) is 2.64. The lowest BCUT2D eigenvalue weighted by molar-refractivity contribution is -0.139. The molecule has 106 valence electrons. The number of likely N-dealkylation sites (N-methyl/N-ethyl adjacent to an activating group) is 1. The van der Waals surface area contributed by atoms with E-state index in [2.05, 4.69) is 5.32 Å². The Morgan fingerprint density at radius 3 is 2.63 bits per heavy atom. The summed E-state index contributed by atoms with van der Waals surface area (Å²) in [6.45, 7) is 5.07. The van der Waals surface area contributed by atoms with Crippen molar-refractivity contribution in [2.75, 3.05) is 20.3 Å². The van der Waals surface area contributed by atoms with E-state index in [0.717, 1.165) is 6.42 Å². The Hall–Kier alpha value is -1.75. The first-order valence-electron chi connectivity index (χ1n) is 6.40. The normalized spacial score (nSPS) is 11.9. The van der Waals surface area contributed by atoms with Gasteiger partial charge in [-0.3, -0.25) is 4.79 Å². The van der Waals surface area contributed by atoms with Crippen molar-refractivity contribution in [3.8, 4) is 11.5 Å². The Morgan fingerprint density at radius 1 is 1.37 bits per heavy atom. The van der Waals surface area contributed by atoms with Gasteiger partial charge in [0.25, 0.3) is 0 Å². The first-order valence-corrected chi connectivity index (χ1v) is 6.40. The number of carbonyl (C=O) groups is 1. The van der Waals surface area contributed by atoms with Crippen LogP contribution in [0, 0.1) is 0 Å². The highest BCUT2D eigenvalue weighted by Gasteiger charge is 2.20. The first kappa shape index (κ1) is 15.3. The maximum absolute atomic E-state index is 11.2. The van der Waals surface area contributed by atoms with Gasteiger partial charge in [0.1, 0.15) is 6.04 Å². The molecule has 1 atom stereocenters. The highest BCUT2D eigenvalue weighted by Crippen LogP contribution is 2.30. The van der Waals surface area contributed by atoms with Crippen LogP contribution in [0.3, 0.4) is 0 Å². The summed E-state index contributed by atoms with van der Waals surface area (Å²) in [7, 11) is 1.54. The number of carboxylic acids is 1. The lowest BCUT2D eigenvalue weighted by Gasteiger charge is -2.16. The van der Waals surface area contributed by atoms with Gasteiger partial charge < -0.3 is 19.9 Å². The molecule has 0 fully saturated rings. The second-order valence-corrected chi connectivity index (χ2v) is 4.09. The summed E-state index contributed by atoms with van der Waals surface area (Å²) in [4.78, 5) is 11.2. The Kier molecular flexibility index (Phi) is 6.15. The second kappa shape index (κ2) is 7.63. The van der Waals surface area contributed by atoms with Crippen LogP contribution in [0.25, 0.3) is 0 Å². The number of rotatable bonds is 8. The van der Waals surface area contributed by atoms with Gasteiger partial charge in [0, 0.05) is 0 Å². The van der Waals surface area contributed by atoms with Crippen molar-refractivity contribution in [1.29, 1.82) is 0 Å². The van der Waals surface area contributed by atoms with Crippen molar-refractivity contribution >= 4 is 5.97 Å². The van der Waals surface area contributed by atoms with Gasteiger partial charge >= 0.3 is 5.97 Å². The maximum Gasteiger partial charge on any atom is 0.325 e. The lowest BCUT2D eigenvalue weighted by atomic mass is 10.1. The molecule has 0 aliphatic carbocycles. The van der Waals surface area contributed by atoms with Crippen LogP contribution in [0.1, 0.15) is 31.9 Å². The van der Waals surface area contributed by atoms with Gasteiger partial charge in [-0.25, -0.2) is 0 Å². The average Bonchev–Trinajstić information content (AvgIpc) is 2.42. The van der Waals surface area contributed by atoms with E-state index in [1.54, 1.807) is 25.3 Å². The third kappa shape index (κ3) is 4.13. The Bertz CT molecular complexity index is 420. The molecule has 0 bridgehead atoms. The zero-order valence-corrected chi connectivity index (χ0v) is 11.6. The topological polar surface area (TPSA) is 67.8 Å². The molecule has 0 aromatic heterocycles. The van der Waals surface area contributed by atoms with Crippen molar-refractivity contribution in [2.24, 2.45) is 0 Å². The smallest absolute Gasteiger partial charge is 0.325 e. The van der Waals surface area contributed by atoms with Crippen LogP contribution in [-0.4, -0.2) is 31.3 Å². The van der Waals surface area contributed by atoms with Crippen molar-refractivity contribution in [3.63, 3.8) is 0 Å². The Morgan fingerprint density at radius 2 is 2.11 bits per heavy atom. The number of methoxy groups -OCH3 is 1. The number of nitrogens with one attached hydrogen (secondary N) is 1. The molecule has 5 heteroatoms. The molecule has 1 aromatic carbocycles. The fraction of sp³-hybridized carbons (Fsp3) is 0.500. The molecule has 0 amide bonds. The molecule has 1 unspecified atom stereocenters. The van der Waals surface area contributed by atoms with Crippen LogP contribution < -0.4 is 14.8 Å². The third-order valence-corrected chi connectivity index (χ3v) is 2.64. The van der Waals surface area contributed by atoms with Gasteiger partial charge in [-0.1, -0.05) is 19.9 Å². The predicted octanol–water partition coefficient (Wildman–Crippen LogP) is 2.22. The van der Waals surface area contributed by atoms with Gasteiger partial charge in [0.2, 0.25) is 0 Å². The minimum absolute atomic E-state index is 0.551. The summed E-state index contributed by atoms with van der Waals surface area (Å²) in [5.74, 6) is 0.273. The van der Waals surface area contributed by atoms with Crippen molar-refractivity contribution < 1.29 is 19.4 Å². The SMILES string of the molecule is CCCOc1ccc(C(NCC)C(=O)O)cc1OC. The molecule has 2 N–H and O–H groups in total. The standard InChI is InChI=1S/C14H21NO4/c1-4-8-19-11-7-6-10(9-12(11)18-3)13(14(16)17)15-5-2/h6-7,9,13,15H,4-5,8H2,1-3H3,(H,16,17). The van der Waals surface area contributed by atoms with E-state index < -0.39 is 12.0 Å². The molecular weight excluding hydrogens is 246 g/mol. The van der Waals surface area contributed by atoms with Crippen molar-refractivity contribution in [1.82, 2.24) is 5.32 Å². The van der Waals surface area contributed by atoms with E-state index in [4.69, 9.17) is 9.47 Å². The summed E-state index contributed by atoms with van der Waals surface area (Å²) in [6.07, 6.45) is 0.903. The molecule has 0 aliphatic heterocycles. The van der Waals surface area contributed by atoms with E-state index >= 15 is 0 Å². The van der Waals surface area contributed by atoms with E-state index in [1.165, 1.54) is 0 Å². The molecule has 0 radical (unpaired) electrons. The van der Waals surface area contributed by atoms with E-state index in [-0.39, 0.29) is 0 Å². The van der Waals surface area contributed by atoms with Crippen LogP contribution >= 0.6 is 0 Å². The zero-order valence-electron chi connectivity index (χ0n) is 11.6. The summed E-state index contributed by atoms with van der Waals surface area (Å²) in [6, 6.07) is 4.46. The molecular formula is C14H21NO4. The van der Waals surface area contributed by atoms with Gasteiger partial charge in [0.15, 0.2) is 11.5 Å². The lowest BCUT2D eigenvalue weighted by Crippen LogP contribution is -2.28. The minimum atomic E-state index is -0.911. The summed E-state index contributed by atoms with van der Waals surface area (Å²) >= 11 is 0. The Labute approximate surface area is 113 Å². The highest BCUT2D eigenvalue weighted by molar-refractivity contribution is 5.76. The van der Waals surface area contributed by atoms with Gasteiger partial charge in [-0.15, -0.1) is 0 Å². The second-order valence-electron chi connectivity index (χ2n) is 4.09. The van der Waals surface area contributed by atoms with Crippen LogP contribution in [0.4, 0.5) is 0 Å². The molecule has 0 aliphatic rings. The Balaban J connectivity index is 2.99. The van der Waals surface area contributed by atoms with Gasteiger partial charge in [-0.05, 0) is 30.7 Å². The quantitative estimate of drug-likeness (QED) is 0.756. The molecule has 0 spiro atoms. The number of carboxylic acid groups (broad SMARTS) is 1. The fourth-order valence-electron chi connectivity index (χ4n) is 1.75. The molecule has 5 nitrogen and oxygen atoms in total. The number of hydrogen-bond acceptors (Lipinski definition) is 4. The van der Waals surface area contributed by atoms with Gasteiger partial charge in [-0.2, -0.15) is 0 Å². The average molecular weight is 267 g/mol. The van der Waals surface area contributed by atoms with Crippen LogP contribution in [0.2, 0.25) is 0 Å². The van der Waals surface area contributed by atoms with Crippen molar-refractivity contribution in [3.05, 3.63) is 23.8 Å². The number of ether oxygens (including phenoxy) is 2. The summed E-state index contributed by atoms with van der Waals surface area (Å²) < 4.78 is 10.8. The number of aliphatic carboxylic acids is 1. The van der Waals surface area contributed by atoms with E-state index in [9.17, 15) is 9.90 Å². The largest absolute Gasteiger partial charge is 0.493 e. The molecule has 0 heterocycles. The monoisotopic (exact) mass is 267 g/mol. The molecule has 0 saturated carbocycles.